The van der Waals surface area contributed by atoms with Crippen molar-refractivity contribution in [3.8, 4) is 11.3 Å². The second-order valence-electron chi connectivity index (χ2n) is 9.10. The number of rotatable bonds is 5. The molecule has 0 spiro atoms. The summed E-state index contributed by atoms with van der Waals surface area (Å²) < 4.78 is 5.62. The summed E-state index contributed by atoms with van der Waals surface area (Å²) in [5, 5.41) is 5.96. The molecule has 2 saturated heterocycles. The second kappa shape index (κ2) is 9.03. The number of benzene rings is 1. The van der Waals surface area contributed by atoms with E-state index in [-0.39, 0.29) is 24.3 Å². The average Bonchev–Trinajstić information content (AvgIpc) is 3.13. The fourth-order valence-corrected chi connectivity index (χ4v) is 4.92. The topological polar surface area (TPSA) is 101 Å². The van der Waals surface area contributed by atoms with Crippen LogP contribution < -0.4 is 10.6 Å². The van der Waals surface area contributed by atoms with Gasteiger partial charge in [-0.1, -0.05) is 6.07 Å². The van der Waals surface area contributed by atoms with Crippen LogP contribution in [0.3, 0.4) is 0 Å². The minimum atomic E-state index is -0.605. The summed E-state index contributed by atoms with van der Waals surface area (Å²) >= 11 is 0. The van der Waals surface area contributed by atoms with Crippen LogP contribution in [-0.2, 0) is 27.4 Å². The number of piperidine rings is 1. The number of fused-ring (bicyclic) bond motifs is 1. The van der Waals surface area contributed by atoms with Gasteiger partial charge in [0.2, 0.25) is 11.8 Å². The van der Waals surface area contributed by atoms with Gasteiger partial charge in [0.05, 0.1) is 11.8 Å². The Kier molecular flexibility index (Phi) is 5.95. The highest BCUT2D eigenvalue weighted by molar-refractivity contribution is 6.05. The highest BCUT2D eigenvalue weighted by atomic mass is 16.5. The first-order valence-electron chi connectivity index (χ1n) is 11.6. The Bertz CT molecular complexity index is 1100. The summed E-state index contributed by atoms with van der Waals surface area (Å²) in [6.45, 7) is 4.03. The molecule has 0 bridgehead atoms. The maximum absolute atomic E-state index is 12.9. The molecule has 3 aliphatic heterocycles. The van der Waals surface area contributed by atoms with Crippen LogP contribution in [0.25, 0.3) is 11.3 Å². The Labute approximate surface area is 192 Å². The molecule has 172 valence electrons. The lowest BCUT2D eigenvalue weighted by Gasteiger charge is -2.29. The molecular formula is C25H28N4O4. The van der Waals surface area contributed by atoms with Gasteiger partial charge in [0, 0.05) is 49.5 Å². The van der Waals surface area contributed by atoms with Crippen molar-refractivity contribution in [3.05, 3.63) is 53.2 Å². The van der Waals surface area contributed by atoms with Gasteiger partial charge in [0.25, 0.3) is 5.91 Å². The van der Waals surface area contributed by atoms with E-state index in [9.17, 15) is 14.4 Å². The summed E-state index contributed by atoms with van der Waals surface area (Å²) in [6, 6.07) is 9.65. The van der Waals surface area contributed by atoms with Crippen LogP contribution in [0.1, 0.15) is 54.1 Å². The smallest absolute Gasteiger partial charge is 0.255 e. The molecule has 8 nitrogen and oxygen atoms in total. The Morgan fingerprint density at radius 3 is 2.88 bits per heavy atom. The number of imide groups is 1. The van der Waals surface area contributed by atoms with Crippen LogP contribution >= 0.6 is 0 Å². The quantitative estimate of drug-likeness (QED) is 0.680. The largest absolute Gasteiger partial charge is 0.378 e. The van der Waals surface area contributed by atoms with Crippen LogP contribution in [0.2, 0.25) is 0 Å². The van der Waals surface area contributed by atoms with Gasteiger partial charge in [-0.25, -0.2) is 0 Å². The lowest BCUT2D eigenvalue weighted by atomic mass is 10.0. The lowest BCUT2D eigenvalue weighted by molar-refractivity contribution is -0.136. The number of nitrogens with zero attached hydrogens (tertiary/aromatic N) is 2. The summed E-state index contributed by atoms with van der Waals surface area (Å²) in [6.07, 6.45) is 4.75. The van der Waals surface area contributed by atoms with E-state index in [1.807, 2.05) is 30.5 Å². The predicted molar refractivity (Wildman–Crippen MR) is 121 cm³/mol. The minimum absolute atomic E-state index is 0.164. The van der Waals surface area contributed by atoms with Gasteiger partial charge in [-0.3, -0.25) is 24.7 Å². The van der Waals surface area contributed by atoms with Gasteiger partial charge >= 0.3 is 0 Å². The Balaban J connectivity index is 1.29. The first-order valence-corrected chi connectivity index (χ1v) is 11.6. The predicted octanol–water partition coefficient (Wildman–Crippen LogP) is 2.17. The molecule has 3 aliphatic rings. The fraction of sp³-hybridized carbons (Fsp3) is 0.440. The van der Waals surface area contributed by atoms with Gasteiger partial charge in [0.15, 0.2) is 0 Å². The van der Waals surface area contributed by atoms with Gasteiger partial charge in [-0.2, -0.15) is 0 Å². The molecule has 0 radical (unpaired) electrons. The van der Waals surface area contributed by atoms with Crippen molar-refractivity contribution in [2.45, 2.75) is 63.9 Å². The monoisotopic (exact) mass is 448 g/mol. The second-order valence-corrected chi connectivity index (χ2v) is 9.10. The molecule has 3 atom stereocenters. The van der Waals surface area contributed by atoms with Crippen molar-refractivity contribution in [3.63, 3.8) is 0 Å². The van der Waals surface area contributed by atoms with Crippen LogP contribution in [0, 0.1) is 0 Å². The van der Waals surface area contributed by atoms with Crippen LogP contribution in [-0.4, -0.2) is 52.4 Å². The zero-order valence-electron chi connectivity index (χ0n) is 18.7. The van der Waals surface area contributed by atoms with Crippen molar-refractivity contribution in [2.75, 3.05) is 6.61 Å². The zero-order chi connectivity index (χ0) is 22.9. The highest BCUT2D eigenvalue weighted by Crippen LogP contribution is 2.31. The Hall–Kier alpha value is -3.10. The summed E-state index contributed by atoms with van der Waals surface area (Å²) in [7, 11) is 0. The van der Waals surface area contributed by atoms with Crippen LogP contribution in [0.5, 0.6) is 0 Å². The number of pyridine rings is 1. The third-order valence-corrected chi connectivity index (χ3v) is 6.72. The normalized spacial score (nSPS) is 25.2. The van der Waals surface area contributed by atoms with E-state index in [1.165, 1.54) is 0 Å². The van der Waals surface area contributed by atoms with Gasteiger partial charge in [-0.05, 0) is 61.6 Å². The lowest BCUT2D eigenvalue weighted by Crippen LogP contribution is -2.52. The Morgan fingerprint density at radius 2 is 2.06 bits per heavy atom. The van der Waals surface area contributed by atoms with E-state index in [1.54, 1.807) is 4.90 Å². The molecule has 3 amide bonds. The summed E-state index contributed by atoms with van der Waals surface area (Å²) in [5.41, 5.74) is 4.43. The number of aromatic nitrogens is 1. The van der Waals surface area contributed by atoms with Crippen molar-refractivity contribution >= 4 is 17.7 Å². The molecule has 2 aromatic rings. The molecule has 0 saturated carbocycles. The molecule has 1 aromatic carbocycles. The average molecular weight is 449 g/mol. The van der Waals surface area contributed by atoms with Crippen LogP contribution in [0.15, 0.2) is 36.5 Å². The molecule has 5 rings (SSSR count). The number of nitrogens with one attached hydrogen (secondary N) is 2. The van der Waals surface area contributed by atoms with E-state index in [2.05, 4.69) is 28.6 Å². The number of carbonyl (C=O) groups excluding carboxylic acids is 3. The minimum Gasteiger partial charge on any atom is -0.378 e. The van der Waals surface area contributed by atoms with Gasteiger partial charge in [0.1, 0.15) is 6.04 Å². The molecule has 3 unspecified atom stereocenters. The molecule has 2 fully saturated rings. The third kappa shape index (κ3) is 4.54. The van der Waals surface area contributed by atoms with Gasteiger partial charge in [-0.15, -0.1) is 0 Å². The zero-order valence-corrected chi connectivity index (χ0v) is 18.7. The third-order valence-electron chi connectivity index (χ3n) is 6.72. The fourth-order valence-electron chi connectivity index (χ4n) is 4.92. The SMILES string of the molecule is CC1CC(NCc2ccnc(-c3ccc4c(c3)CN(C3CCC(=O)NC3=O)C4=O)c2)CCO1. The molecule has 8 heteroatoms. The maximum atomic E-state index is 12.9. The highest BCUT2D eigenvalue weighted by Gasteiger charge is 2.39. The van der Waals surface area contributed by atoms with Crippen molar-refractivity contribution in [1.29, 1.82) is 0 Å². The van der Waals surface area contributed by atoms with Crippen molar-refractivity contribution in [1.82, 2.24) is 20.5 Å². The van der Waals surface area contributed by atoms with E-state index in [0.29, 0.717) is 24.6 Å². The standard InChI is InChI=1S/C25H28N4O4/c1-15-10-19(7-9-33-15)27-13-16-6-8-26-21(11-16)17-2-3-20-18(12-17)14-29(25(20)32)22-4-5-23(30)28-24(22)31/h2-3,6,8,11-12,15,19,22,27H,4-5,7,9-10,13-14H2,1H3,(H,28,30,31). The number of ether oxygens (including phenoxy) is 1. The number of hydrogen-bond acceptors (Lipinski definition) is 6. The van der Waals surface area contributed by atoms with Gasteiger partial charge < -0.3 is 15.0 Å². The van der Waals surface area contributed by atoms with Crippen LogP contribution in [0.4, 0.5) is 0 Å². The number of amides is 3. The Morgan fingerprint density at radius 1 is 1.18 bits per heavy atom. The first kappa shape index (κ1) is 21.7. The molecule has 4 heterocycles. The maximum Gasteiger partial charge on any atom is 0.255 e. The molecule has 1 aromatic heterocycles. The van der Waals surface area contributed by atoms with Crippen molar-refractivity contribution in [2.24, 2.45) is 0 Å². The number of carbonyl (C=O) groups is 3. The summed E-state index contributed by atoms with van der Waals surface area (Å²) in [4.78, 5) is 42.7. The van der Waals surface area contributed by atoms with E-state index in [0.717, 1.165) is 48.4 Å². The van der Waals surface area contributed by atoms with E-state index >= 15 is 0 Å². The molecule has 0 aliphatic carbocycles. The molecular weight excluding hydrogens is 420 g/mol. The summed E-state index contributed by atoms with van der Waals surface area (Å²) in [5.74, 6) is -0.842. The number of hydrogen-bond donors (Lipinski definition) is 2. The molecule has 2 N–H and O–H groups in total. The van der Waals surface area contributed by atoms with E-state index in [4.69, 9.17) is 4.74 Å². The van der Waals surface area contributed by atoms with E-state index < -0.39 is 11.9 Å². The molecule has 33 heavy (non-hydrogen) atoms. The first-order chi connectivity index (χ1) is 16.0. The van der Waals surface area contributed by atoms with Crippen molar-refractivity contribution < 1.29 is 19.1 Å².